The molecular formula is C22H22FN7O2. The van der Waals surface area contributed by atoms with Gasteiger partial charge in [0.1, 0.15) is 11.6 Å². The highest BCUT2D eigenvalue weighted by Gasteiger charge is 2.21. The zero-order chi connectivity index (χ0) is 22.5. The zero-order valence-corrected chi connectivity index (χ0v) is 17.1. The van der Waals surface area contributed by atoms with Crippen molar-refractivity contribution in [2.24, 2.45) is 5.73 Å². The van der Waals surface area contributed by atoms with E-state index >= 15 is 0 Å². The lowest BCUT2D eigenvalue weighted by Gasteiger charge is -2.30. The van der Waals surface area contributed by atoms with E-state index in [-0.39, 0.29) is 29.0 Å². The molecule has 0 bridgehead atoms. The van der Waals surface area contributed by atoms with Gasteiger partial charge in [0.2, 0.25) is 5.95 Å². The summed E-state index contributed by atoms with van der Waals surface area (Å²) in [6, 6.07) is 13.4. The van der Waals surface area contributed by atoms with Gasteiger partial charge in [-0.15, -0.1) is 0 Å². The number of benzene rings is 2. The molecule has 5 N–H and O–H groups in total. The number of rotatable bonds is 7. The third-order valence-corrected chi connectivity index (χ3v) is 4.96. The molecule has 4 rings (SSSR count). The molecule has 0 radical (unpaired) electrons. The van der Waals surface area contributed by atoms with Crippen LogP contribution in [0.5, 0.6) is 0 Å². The molecule has 9 nitrogen and oxygen atoms in total. The van der Waals surface area contributed by atoms with Gasteiger partial charge in [0.05, 0.1) is 11.3 Å². The molecule has 1 aromatic heterocycles. The van der Waals surface area contributed by atoms with Crippen LogP contribution in [0.3, 0.4) is 0 Å². The SMILES string of the molecule is NC(=O)c1cnc(Nc2ccc(F)c(NC(=O)N3CCC3)c2)nc1NCc1ccccc1. The molecule has 1 aliphatic rings. The molecule has 32 heavy (non-hydrogen) atoms. The minimum atomic E-state index is -0.662. The van der Waals surface area contributed by atoms with E-state index in [2.05, 4.69) is 25.9 Å². The highest BCUT2D eigenvalue weighted by molar-refractivity contribution is 5.97. The van der Waals surface area contributed by atoms with Crippen LogP contribution in [0.1, 0.15) is 22.3 Å². The number of likely N-dealkylation sites (tertiary alicyclic amines) is 1. The van der Waals surface area contributed by atoms with Crippen molar-refractivity contribution in [3.8, 4) is 0 Å². The number of halogens is 1. The second-order valence-electron chi connectivity index (χ2n) is 7.25. The first-order valence-corrected chi connectivity index (χ1v) is 10.1. The first kappa shape index (κ1) is 21.0. The molecular weight excluding hydrogens is 413 g/mol. The van der Waals surface area contributed by atoms with Crippen molar-refractivity contribution < 1.29 is 14.0 Å². The fourth-order valence-corrected chi connectivity index (χ4v) is 3.08. The minimum absolute atomic E-state index is 0.0445. The average Bonchev–Trinajstić information content (AvgIpc) is 2.74. The molecule has 1 fully saturated rings. The molecule has 0 atom stereocenters. The monoisotopic (exact) mass is 435 g/mol. The molecule has 0 spiro atoms. The lowest BCUT2D eigenvalue weighted by Crippen LogP contribution is -2.44. The van der Waals surface area contributed by atoms with Crippen LogP contribution in [-0.2, 0) is 6.54 Å². The summed E-state index contributed by atoms with van der Waals surface area (Å²) in [5.74, 6) is -0.769. The van der Waals surface area contributed by atoms with E-state index in [4.69, 9.17) is 5.73 Å². The number of nitrogens with zero attached hydrogens (tertiary/aromatic N) is 3. The van der Waals surface area contributed by atoms with Crippen molar-refractivity contribution >= 4 is 35.1 Å². The number of nitrogens with two attached hydrogens (primary N) is 1. The Hall–Kier alpha value is -4.21. The normalized spacial score (nSPS) is 12.6. The molecule has 164 valence electrons. The molecule has 0 unspecified atom stereocenters. The third kappa shape index (κ3) is 4.91. The Morgan fingerprint density at radius 1 is 1.12 bits per heavy atom. The Morgan fingerprint density at radius 2 is 1.91 bits per heavy atom. The number of primary amides is 1. The molecule has 0 aliphatic carbocycles. The maximum Gasteiger partial charge on any atom is 0.321 e. The second kappa shape index (κ2) is 9.29. The standard InChI is InChI=1S/C22H22FN7O2/c23-17-8-7-15(11-18(17)28-22(32)30-9-4-10-30)27-21-26-13-16(19(24)31)20(29-21)25-12-14-5-2-1-3-6-14/h1-3,5-8,11,13H,4,9-10,12H2,(H2,24,31)(H,28,32)(H2,25,26,27,29). The van der Waals surface area contributed by atoms with Crippen LogP contribution in [0, 0.1) is 5.82 Å². The molecule has 10 heteroatoms. The van der Waals surface area contributed by atoms with Gasteiger partial charge < -0.3 is 26.6 Å². The predicted octanol–water partition coefficient (Wildman–Crippen LogP) is 3.31. The number of anilines is 4. The highest BCUT2D eigenvalue weighted by Crippen LogP contribution is 2.24. The molecule has 2 aromatic carbocycles. The van der Waals surface area contributed by atoms with E-state index in [1.807, 2.05) is 30.3 Å². The Morgan fingerprint density at radius 3 is 2.59 bits per heavy atom. The smallest absolute Gasteiger partial charge is 0.321 e. The maximum atomic E-state index is 14.2. The number of amides is 3. The Bertz CT molecular complexity index is 1140. The topological polar surface area (TPSA) is 125 Å². The van der Waals surface area contributed by atoms with E-state index in [1.54, 1.807) is 4.90 Å². The number of hydrogen-bond donors (Lipinski definition) is 4. The van der Waals surface area contributed by atoms with Crippen molar-refractivity contribution in [1.82, 2.24) is 14.9 Å². The number of aromatic nitrogens is 2. The third-order valence-electron chi connectivity index (χ3n) is 4.96. The quantitative estimate of drug-likeness (QED) is 0.451. The fraction of sp³-hybridized carbons (Fsp3) is 0.182. The summed E-state index contributed by atoms with van der Waals surface area (Å²) in [6.45, 7) is 1.75. The number of carbonyl (C=O) groups excluding carboxylic acids is 2. The van der Waals surface area contributed by atoms with Gasteiger partial charge in [-0.25, -0.2) is 14.2 Å². The van der Waals surface area contributed by atoms with Crippen molar-refractivity contribution in [1.29, 1.82) is 0 Å². The fourth-order valence-electron chi connectivity index (χ4n) is 3.08. The van der Waals surface area contributed by atoms with Crippen LogP contribution in [0.2, 0.25) is 0 Å². The van der Waals surface area contributed by atoms with Crippen LogP contribution in [-0.4, -0.2) is 39.9 Å². The van der Waals surface area contributed by atoms with E-state index in [0.29, 0.717) is 25.3 Å². The molecule has 1 saturated heterocycles. The minimum Gasteiger partial charge on any atom is -0.365 e. The summed E-state index contributed by atoms with van der Waals surface area (Å²) in [5, 5.41) is 8.63. The summed E-state index contributed by atoms with van der Waals surface area (Å²) >= 11 is 0. The van der Waals surface area contributed by atoms with Crippen molar-refractivity contribution in [3.05, 3.63) is 71.7 Å². The number of carbonyl (C=O) groups is 2. The highest BCUT2D eigenvalue weighted by atomic mass is 19.1. The first-order valence-electron chi connectivity index (χ1n) is 10.1. The lowest BCUT2D eigenvalue weighted by molar-refractivity contribution is 0.100. The Kier molecular flexibility index (Phi) is 6.11. The number of nitrogens with one attached hydrogen (secondary N) is 3. The van der Waals surface area contributed by atoms with Crippen molar-refractivity contribution in [2.75, 3.05) is 29.0 Å². The van der Waals surface area contributed by atoms with Gasteiger partial charge in [-0.05, 0) is 30.2 Å². The van der Waals surface area contributed by atoms with Gasteiger partial charge in [0.25, 0.3) is 5.91 Å². The lowest BCUT2D eigenvalue weighted by atomic mass is 10.2. The van der Waals surface area contributed by atoms with Crippen molar-refractivity contribution in [3.63, 3.8) is 0 Å². The first-order chi connectivity index (χ1) is 15.5. The van der Waals surface area contributed by atoms with Crippen LogP contribution in [0.4, 0.5) is 32.3 Å². The molecule has 0 saturated carbocycles. The molecule has 2 heterocycles. The van der Waals surface area contributed by atoms with Crippen LogP contribution >= 0.6 is 0 Å². The van der Waals surface area contributed by atoms with Crippen LogP contribution < -0.4 is 21.7 Å². The van der Waals surface area contributed by atoms with E-state index in [1.165, 1.54) is 24.4 Å². The summed E-state index contributed by atoms with van der Waals surface area (Å²) in [5.41, 5.74) is 7.10. The van der Waals surface area contributed by atoms with Gasteiger partial charge in [-0.3, -0.25) is 4.79 Å². The number of urea groups is 1. The van der Waals surface area contributed by atoms with Gasteiger partial charge in [0.15, 0.2) is 0 Å². The second-order valence-corrected chi connectivity index (χ2v) is 7.25. The van der Waals surface area contributed by atoms with Crippen LogP contribution in [0.15, 0.2) is 54.7 Å². The van der Waals surface area contributed by atoms with Gasteiger partial charge in [-0.2, -0.15) is 4.98 Å². The zero-order valence-electron chi connectivity index (χ0n) is 17.1. The Balaban J connectivity index is 1.51. The Labute approximate surface area is 183 Å². The number of hydrogen-bond acceptors (Lipinski definition) is 6. The van der Waals surface area contributed by atoms with E-state index in [9.17, 15) is 14.0 Å². The summed E-state index contributed by atoms with van der Waals surface area (Å²) in [4.78, 5) is 33.9. The summed E-state index contributed by atoms with van der Waals surface area (Å²) < 4.78 is 14.2. The van der Waals surface area contributed by atoms with Crippen molar-refractivity contribution in [2.45, 2.75) is 13.0 Å². The van der Waals surface area contributed by atoms with E-state index < -0.39 is 11.7 Å². The molecule has 1 aliphatic heterocycles. The summed E-state index contributed by atoms with van der Waals surface area (Å²) in [6.07, 6.45) is 2.26. The molecule has 3 amide bonds. The van der Waals surface area contributed by atoms with E-state index in [0.717, 1.165) is 12.0 Å². The van der Waals surface area contributed by atoms with Gasteiger partial charge in [-0.1, -0.05) is 30.3 Å². The van der Waals surface area contributed by atoms with Gasteiger partial charge in [0, 0.05) is 31.5 Å². The van der Waals surface area contributed by atoms with Crippen LogP contribution in [0.25, 0.3) is 0 Å². The summed E-state index contributed by atoms with van der Waals surface area (Å²) in [7, 11) is 0. The maximum absolute atomic E-state index is 14.2. The van der Waals surface area contributed by atoms with Gasteiger partial charge >= 0.3 is 6.03 Å². The largest absolute Gasteiger partial charge is 0.365 e. The molecule has 3 aromatic rings. The average molecular weight is 435 g/mol. The predicted molar refractivity (Wildman–Crippen MR) is 119 cm³/mol.